The van der Waals surface area contributed by atoms with E-state index in [9.17, 15) is 27.9 Å². The highest BCUT2D eigenvalue weighted by Gasteiger charge is 2.39. The van der Waals surface area contributed by atoms with Gasteiger partial charge in [-0.1, -0.05) is 38.1 Å². The number of nitrogens with one attached hydrogen (secondary N) is 1. The van der Waals surface area contributed by atoms with E-state index in [1.54, 1.807) is 38.1 Å². The van der Waals surface area contributed by atoms with Gasteiger partial charge >= 0.3 is 12.1 Å². The molecule has 1 unspecified atom stereocenters. The fourth-order valence-corrected chi connectivity index (χ4v) is 4.04. The minimum absolute atomic E-state index is 0.0560. The van der Waals surface area contributed by atoms with Crippen LogP contribution >= 0.6 is 11.3 Å². The zero-order valence-electron chi connectivity index (χ0n) is 17.6. The fourth-order valence-electron chi connectivity index (χ4n) is 3.00. The van der Waals surface area contributed by atoms with Crippen LogP contribution in [0.2, 0.25) is 0 Å². The first-order chi connectivity index (χ1) is 14.9. The summed E-state index contributed by atoms with van der Waals surface area (Å²) in [5.74, 6) is -1.87. The minimum Gasteiger partial charge on any atom is -0.487 e. The highest BCUT2D eigenvalue weighted by atomic mass is 32.1. The number of aliphatic carboxylic acids is 1. The molecular weight excluding hydrogens is 443 g/mol. The molecule has 3 aromatic rings. The lowest BCUT2D eigenvalue weighted by Crippen LogP contribution is -2.55. The van der Waals surface area contributed by atoms with Crippen molar-refractivity contribution in [2.75, 3.05) is 0 Å². The van der Waals surface area contributed by atoms with Crippen molar-refractivity contribution in [1.82, 2.24) is 5.32 Å². The number of hydrogen-bond donors (Lipinski definition) is 2. The van der Waals surface area contributed by atoms with Gasteiger partial charge in [0, 0.05) is 10.1 Å². The Bertz CT molecular complexity index is 1140. The standard InChI is InChI=1S/C23H22F3NO4S/c1-13(2)22(3,21(29)30)27-20(28)19-18(16-6-4-5-7-17(16)32-19)31-12-14-8-10-15(11-9-14)23(24,25)26/h4-11,13H,12H2,1-3H3,(H,27,28)(H,29,30). The van der Waals surface area contributed by atoms with Crippen LogP contribution in [0.15, 0.2) is 48.5 Å². The lowest BCUT2D eigenvalue weighted by molar-refractivity contribution is -0.145. The average Bonchev–Trinajstić information content (AvgIpc) is 3.10. The van der Waals surface area contributed by atoms with Crippen LogP contribution in [0.5, 0.6) is 5.75 Å². The molecule has 0 fully saturated rings. The number of carbonyl (C=O) groups excluding carboxylic acids is 1. The fraction of sp³-hybridized carbons (Fsp3) is 0.304. The summed E-state index contributed by atoms with van der Waals surface area (Å²) in [7, 11) is 0. The number of carboxylic acids is 1. The van der Waals surface area contributed by atoms with Crippen molar-refractivity contribution in [3.63, 3.8) is 0 Å². The summed E-state index contributed by atoms with van der Waals surface area (Å²) in [4.78, 5) is 25.0. The molecule has 0 aliphatic rings. The van der Waals surface area contributed by atoms with Crippen molar-refractivity contribution < 1.29 is 32.6 Å². The maximum atomic E-state index is 13.1. The van der Waals surface area contributed by atoms with E-state index in [0.717, 1.165) is 28.2 Å². The van der Waals surface area contributed by atoms with Crippen molar-refractivity contribution in [2.24, 2.45) is 5.92 Å². The van der Waals surface area contributed by atoms with Crippen molar-refractivity contribution in [1.29, 1.82) is 0 Å². The Balaban J connectivity index is 1.91. The molecule has 0 radical (unpaired) electrons. The van der Waals surface area contributed by atoms with Crippen LogP contribution in [-0.4, -0.2) is 22.5 Å². The van der Waals surface area contributed by atoms with E-state index in [1.807, 2.05) is 0 Å². The summed E-state index contributed by atoms with van der Waals surface area (Å²) in [6.07, 6.45) is -4.43. The SMILES string of the molecule is CC(C)C(C)(NC(=O)c1sc2ccccc2c1OCc1ccc(C(F)(F)F)cc1)C(=O)O. The van der Waals surface area contributed by atoms with Gasteiger partial charge in [-0.15, -0.1) is 11.3 Å². The van der Waals surface area contributed by atoms with Gasteiger partial charge in [0.2, 0.25) is 0 Å². The average molecular weight is 465 g/mol. The number of fused-ring (bicyclic) bond motifs is 1. The van der Waals surface area contributed by atoms with E-state index in [0.29, 0.717) is 10.9 Å². The van der Waals surface area contributed by atoms with Crippen molar-refractivity contribution in [2.45, 2.75) is 39.1 Å². The molecule has 0 bridgehead atoms. The van der Waals surface area contributed by atoms with Crippen molar-refractivity contribution in [3.05, 3.63) is 64.5 Å². The largest absolute Gasteiger partial charge is 0.487 e. The molecular formula is C23H22F3NO4S. The first-order valence-corrected chi connectivity index (χ1v) is 10.6. The highest BCUT2D eigenvalue weighted by Crippen LogP contribution is 2.39. The molecule has 1 aromatic heterocycles. The summed E-state index contributed by atoms with van der Waals surface area (Å²) in [5.41, 5.74) is -1.75. The van der Waals surface area contributed by atoms with Gasteiger partial charge in [0.1, 0.15) is 17.0 Å². The summed E-state index contributed by atoms with van der Waals surface area (Å²) < 4.78 is 45.0. The molecule has 170 valence electrons. The normalized spacial score (nSPS) is 13.7. The van der Waals surface area contributed by atoms with Gasteiger partial charge in [-0.3, -0.25) is 4.79 Å². The van der Waals surface area contributed by atoms with Gasteiger partial charge < -0.3 is 15.2 Å². The second kappa shape index (κ2) is 8.82. The van der Waals surface area contributed by atoms with Crippen molar-refractivity contribution >= 4 is 33.3 Å². The van der Waals surface area contributed by atoms with Crippen LogP contribution < -0.4 is 10.1 Å². The minimum atomic E-state index is -4.43. The number of hydrogen-bond acceptors (Lipinski definition) is 4. The Morgan fingerprint density at radius 1 is 1.09 bits per heavy atom. The Morgan fingerprint density at radius 3 is 2.28 bits per heavy atom. The molecule has 3 rings (SSSR count). The molecule has 5 nitrogen and oxygen atoms in total. The third kappa shape index (κ3) is 4.72. The zero-order chi connectivity index (χ0) is 23.7. The van der Waals surface area contributed by atoms with E-state index in [2.05, 4.69) is 5.32 Å². The van der Waals surface area contributed by atoms with Gasteiger partial charge in [-0.05, 0) is 42.7 Å². The molecule has 0 aliphatic heterocycles. The van der Waals surface area contributed by atoms with E-state index in [-0.39, 0.29) is 23.2 Å². The molecule has 0 spiro atoms. The number of rotatable bonds is 7. The summed E-state index contributed by atoms with van der Waals surface area (Å²) >= 11 is 1.16. The number of thiophene rings is 1. The summed E-state index contributed by atoms with van der Waals surface area (Å²) in [6.45, 7) is 4.77. The lowest BCUT2D eigenvalue weighted by Gasteiger charge is -2.30. The van der Waals surface area contributed by atoms with Crippen LogP contribution in [0.4, 0.5) is 13.2 Å². The number of carbonyl (C=O) groups is 2. The number of halogens is 3. The maximum absolute atomic E-state index is 13.1. The lowest BCUT2D eigenvalue weighted by atomic mass is 9.88. The van der Waals surface area contributed by atoms with Crippen LogP contribution in [0, 0.1) is 5.92 Å². The monoisotopic (exact) mass is 465 g/mol. The smallest absolute Gasteiger partial charge is 0.416 e. The third-order valence-electron chi connectivity index (χ3n) is 5.39. The molecule has 0 saturated heterocycles. The molecule has 2 N–H and O–H groups in total. The highest BCUT2D eigenvalue weighted by molar-refractivity contribution is 7.21. The van der Waals surface area contributed by atoms with Gasteiger partial charge in [-0.2, -0.15) is 13.2 Å². The van der Waals surface area contributed by atoms with E-state index >= 15 is 0 Å². The van der Waals surface area contributed by atoms with Crippen LogP contribution in [0.25, 0.3) is 10.1 Å². The molecule has 0 aliphatic carbocycles. The van der Waals surface area contributed by atoms with Gasteiger partial charge in [0.15, 0.2) is 5.75 Å². The zero-order valence-corrected chi connectivity index (χ0v) is 18.4. The molecule has 1 atom stereocenters. The number of benzene rings is 2. The second-order valence-corrected chi connectivity index (χ2v) is 8.91. The molecule has 0 saturated carbocycles. The van der Waals surface area contributed by atoms with Gasteiger partial charge in [0.25, 0.3) is 5.91 Å². The number of ether oxygens (including phenoxy) is 1. The molecule has 9 heteroatoms. The molecule has 1 amide bonds. The second-order valence-electron chi connectivity index (χ2n) is 7.86. The molecule has 2 aromatic carbocycles. The molecule has 32 heavy (non-hydrogen) atoms. The Morgan fingerprint density at radius 2 is 1.72 bits per heavy atom. The van der Waals surface area contributed by atoms with Crippen LogP contribution in [-0.2, 0) is 17.6 Å². The van der Waals surface area contributed by atoms with E-state index < -0.39 is 29.2 Å². The first-order valence-electron chi connectivity index (χ1n) is 9.80. The van der Waals surface area contributed by atoms with Crippen LogP contribution in [0.1, 0.15) is 41.6 Å². The maximum Gasteiger partial charge on any atom is 0.416 e. The third-order valence-corrected chi connectivity index (χ3v) is 6.54. The first kappa shape index (κ1) is 23.6. The summed E-state index contributed by atoms with van der Waals surface area (Å²) in [6, 6.07) is 11.7. The van der Waals surface area contributed by atoms with Gasteiger partial charge in [-0.25, -0.2) is 4.79 Å². The predicted molar refractivity (Wildman–Crippen MR) is 116 cm³/mol. The predicted octanol–water partition coefficient (Wildman–Crippen LogP) is 5.73. The Labute approximate surface area is 186 Å². The van der Waals surface area contributed by atoms with Crippen molar-refractivity contribution in [3.8, 4) is 5.75 Å². The quantitative estimate of drug-likeness (QED) is 0.467. The Hall–Kier alpha value is -3.07. The number of carboxylic acid groups (broad SMARTS) is 1. The van der Waals surface area contributed by atoms with Gasteiger partial charge in [0.05, 0.1) is 5.56 Å². The van der Waals surface area contributed by atoms with E-state index in [1.165, 1.54) is 19.1 Å². The topological polar surface area (TPSA) is 75.6 Å². The Kier molecular flexibility index (Phi) is 6.50. The molecule has 1 heterocycles. The number of alkyl halides is 3. The summed E-state index contributed by atoms with van der Waals surface area (Å²) in [5, 5.41) is 12.9. The van der Waals surface area contributed by atoms with Crippen LogP contribution in [0.3, 0.4) is 0 Å². The van der Waals surface area contributed by atoms with E-state index in [4.69, 9.17) is 4.74 Å². The number of amides is 1.